The van der Waals surface area contributed by atoms with Crippen molar-refractivity contribution in [1.82, 2.24) is 4.31 Å². The maximum absolute atomic E-state index is 11.3. The molecule has 1 rings (SSSR count). The third-order valence-corrected chi connectivity index (χ3v) is 4.26. The van der Waals surface area contributed by atoms with Crippen LogP contribution >= 0.6 is 15.9 Å². The number of sulfonamides is 1. The van der Waals surface area contributed by atoms with E-state index in [0.29, 0.717) is 6.54 Å². The second-order valence-corrected chi connectivity index (χ2v) is 5.76. The van der Waals surface area contributed by atoms with Gasteiger partial charge in [-0.25, -0.2) is 8.42 Å². The summed E-state index contributed by atoms with van der Waals surface area (Å²) >= 11 is 3.34. The molecule has 1 aliphatic rings. The van der Waals surface area contributed by atoms with Gasteiger partial charge in [0.1, 0.15) is 0 Å². The Bertz CT molecular complexity index is 240. The first-order chi connectivity index (χ1) is 5.55. The van der Waals surface area contributed by atoms with Crippen LogP contribution in [0.3, 0.4) is 0 Å². The molecular formula is C7H14BrNO2S. The summed E-state index contributed by atoms with van der Waals surface area (Å²) in [7, 11) is -2.98. The van der Waals surface area contributed by atoms with Crippen LogP contribution in [0, 0.1) is 0 Å². The van der Waals surface area contributed by atoms with Crippen molar-refractivity contribution in [3.05, 3.63) is 0 Å². The lowest BCUT2D eigenvalue weighted by Gasteiger charge is -2.32. The van der Waals surface area contributed by atoms with Gasteiger partial charge in [-0.3, -0.25) is 0 Å². The van der Waals surface area contributed by atoms with Crippen LogP contribution in [-0.2, 0) is 10.0 Å². The third kappa shape index (κ3) is 2.44. The van der Waals surface area contributed by atoms with E-state index in [9.17, 15) is 8.42 Å². The highest BCUT2D eigenvalue weighted by Gasteiger charge is 2.27. The zero-order valence-electron chi connectivity index (χ0n) is 7.16. The van der Waals surface area contributed by atoms with E-state index in [4.69, 9.17) is 0 Å². The summed E-state index contributed by atoms with van der Waals surface area (Å²) in [5.41, 5.74) is 0. The molecule has 0 saturated carbocycles. The number of hydrogen-bond donors (Lipinski definition) is 0. The second kappa shape index (κ2) is 4.07. The summed E-state index contributed by atoms with van der Waals surface area (Å²) in [5, 5.41) is 0.750. The van der Waals surface area contributed by atoms with E-state index in [2.05, 4.69) is 15.9 Å². The van der Waals surface area contributed by atoms with Crippen LogP contribution in [0.2, 0.25) is 0 Å². The molecule has 1 atom stereocenters. The lowest BCUT2D eigenvalue weighted by Crippen LogP contribution is -2.43. The molecule has 72 valence electrons. The topological polar surface area (TPSA) is 37.4 Å². The van der Waals surface area contributed by atoms with Crippen molar-refractivity contribution in [3.8, 4) is 0 Å². The molecule has 5 heteroatoms. The Hall–Kier alpha value is 0.390. The van der Waals surface area contributed by atoms with Crippen molar-refractivity contribution in [1.29, 1.82) is 0 Å². The molecule has 1 saturated heterocycles. The van der Waals surface area contributed by atoms with Gasteiger partial charge in [0.05, 0.1) is 6.26 Å². The van der Waals surface area contributed by atoms with E-state index >= 15 is 0 Å². The molecule has 0 amide bonds. The molecular weight excluding hydrogens is 242 g/mol. The Kier molecular flexibility index (Phi) is 3.55. The van der Waals surface area contributed by atoms with E-state index in [-0.39, 0.29) is 6.04 Å². The zero-order chi connectivity index (χ0) is 9.19. The molecule has 12 heavy (non-hydrogen) atoms. The normalized spacial score (nSPS) is 27.3. The summed E-state index contributed by atoms with van der Waals surface area (Å²) in [6.45, 7) is 0.690. The number of alkyl halides is 1. The fraction of sp³-hybridized carbons (Fsp3) is 1.00. The standard InChI is InChI=1S/C7H14BrNO2S/c1-12(10,11)9-5-3-2-4-7(9)6-8/h7H,2-6H2,1H3. The molecule has 0 aromatic carbocycles. The van der Waals surface area contributed by atoms with Crippen molar-refractivity contribution in [3.63, 3.8) is 0 Å². The van der Waals surface area contributed by atoms with E-state index < -0.39 is 10.0 Å². The van der Waals surface area contributed by atoms with Crippen LogP contribution in [0.4, 0.5) is 0 Å². The molecule has 1 unspecified atom stereocenters. The molecule has 0 aromatic rings. The molecule has 0 aromatic heterocycles. The van der Waals surface area contributed by atoms with Crippen molar-refractivity contribution >= 4 is 26.0 Å². The van der Waals surface area contributed by atoms with Crippen LogP contribution < -0.4 is 0 Å². The lowest BCUT2D eigenvalue weighted by molar-refractivity contribution is 0.275. The van der Waals surface area contributed by atoms with Gasteiger partial charge in [-0.2, -0.15) is 4.31 Å². The van der Waals surface area contributed by atoms with Crippen LogP contribution in [0.5, 0.6) is 0 Å². The Balaban J connectivity index is 2.72. The average molecular weight is 256 g/mol. The minimum Gasteiger partial charge on any atom is -0.212 e. The quantitative estimate of drug-likeness (QED) is 0.696. The summed E-state index contributed by atoms with van der Waals surface area (Å²) < 4.78 is 24.1. The molecule has 0 radical (unpaired) electrons. The number of nitrogens with zero attached hydrogens (tertiary/aromatic N) is 1. The van der Waals surface area contributed by atoms with Crippen molar-refractivity contribution in [2.75, 3.05) is 18.1 Å². The summed E-state index contributed by atoms with van der Waals surface area (Å²) in [4.78, 5) is 0. The van der Waals surface area contributed by atoms with Gasteiger partial charge in [0.15, 0.2) is 0 Å². The van der Waals surface area contributed by atoms with Crippen molar-refractivity contribution < 1.29 is 8.42 Å². The summed E-state index contributed by atoms with van der Waals surface area (Å²) in [6.07, 6.45) is 4.41. The van der Waals surface area contributed by atoms with Crippen molar-refractivity contribution in [2.45, 2.75) is 25.3 Å². The van der Waals surface area contributed by atoms with E-state index in [0.717, 1.165) is 24.6 Å². The minimum atomic E-state index is -2.98. The van der Waals surface area contributed by atoms with Gasteiger partial charge in [0, 0.05) is 17.9 Å². The van der Waals surface area contributed by atoms with Crippen LogP contribution in [-0.4, -0.2) is 36.9 Å². The Morgan fingerprint density at radius 3 is 2.58 bits per heavy atom. The number of piperidine rings is 1. The third-order valence-electron chi connectivity index (χ3n) is 2.18. The number of halogens is 1. The predicted molar refractivity (Wildman–Crippen MR) is 53.0 cm³/mol. The Morgan fingerprint density at radius 1 is 1.50 bits per heavy atom. The summed E-state index contributed by atoms with van der Waals surface area (Å²) in [5.74, 6) is 0. The zero-order valence-corrected chi connectivity index (χ0v) is 9.57. The highest BCUT2D eigenvalue weighted by Crippen LogP contribution is 2.20. The van der Waals surface area contributed by atoms with Gasteiger partial charge in [-0.05, 0) is 12.8 Å². The van der Waals surface area contributed by atoms with Gasteiger partial charge in [0.2, 0.25) is 10.0 Å². The number of hydrogen-bond acceptors (Lipinski definition) is 2. The second-order valence-electron chi connectivity index (χ2n) is 3.18. The first-order valence-corrected chi connectivity index (χ1v) is 7.05. The molecule has 0 spiro atoms. The smallest absolute Gasteiger partial charge is 0.211 e. The fourth-order valence-corrected chi connectivity index (χ4v) is 3.61. The van der Waals surface area contributed by atoms with Crippen LogP contribution in [0.1, 0.15) is 19.3 Å². The fourth-order valence-electron chi connectivity index (χ4n) is 1.56. The molecule has 0 aliphatic carbocycles. The van der Waals surface area contributed by atoms with Gasteiger partial charge in [-0.1, -0.05) is 22.4 Å². The minimum absolute atomic E-state index is 0.175. The molecule has 0 N–H and O–H groups in total. The molecule has 1 fully saturated rings. The summed E-state index contributed by atoms with van der Waals surface area (Å²) in [6, 6.07) is 0.175. The monoisotopic (exact) mass is 255 g/mol. The van der Waals surface area contributed by atoms with E-state index in [1.807, 2.05) is 0 Å². The van der Waals surface area contributed by atoms with Gasteiger partial charge < -0.3 is 0 Å². The van der Waals surface area contributed by atoms with E-state index in [1.54, 1.807) is 4.31 Å². The van der Waals surface area contributed by atoms with Crippen LogP contribution in [0.15, 0.2) is 0 Å². The van der Waals surface area contributed by atoms with Crippen molar-refractivity contribution in [2.24, 2.45) is 0 Å². The largest absolute Gasteiger partial charge is 0.212 e. The highest BCUT2D eigenvalue weighted by atomic mass is 79.9. The lowest BCUT2D eigenvalue weighted by atomic mass is 10.1. The highest BCUT2D eigenvalue weighted by molar-refractivity contribution is 9.09. The molecule has 1 aliphatic heterocycles. The molecule has 1 heterocycles. The number of rotatable bonds is 2. The van der Waals surface area contributed by atoms with E-state index in [1.165, 1.54) is 6.26 Å². The molecule has 0 bridgehead atoms. The predicted octanol–water partition coefficient (Wildman–Crippen LogP) is 1.20. The average Bonchev–Trinajstić information content (AvgIpc) is 2.03. The Labute approximate surface area is 82.3 Å². The maximum Gasteiger partial charge on any atom is 0.211 e. The van der Waals surface area contributed by atoms with Gasteiger partial charge >= 0.3 is 0 Å². The molecule has 3 nitrogen and oxygen atoms in total. The Morgan fingerprint density at radius 2 is 2.17 bits per heavy atom. The first-order valence-electron chi connectivity index (χ1n) is 4.08. The van der Waals surface area contributed by atoms with Crippen LogP contribution in [0.25, 0.3) is 0 Å². The maximum atomic E-state index is 11.3. The SMILES string of the molecule is CS(=O)(=O)N1CCCCC1CBr. The first kappa shape index (κ1) is 10.5. The van der Waals surface area contributed by atoms with Gasteiger partial charge in [-0.15, -0.1) is 0 Å². The van der Waals surface area contributed by atoms with Gasteiger partial charge in [0.25, 0.3) is 0 Å².